The fourth-order valence-electron chi connectivity index (χ4n) is 2.70. The number of anilines is 1. The van der Waals surface area contributed by atoms with Crippen LogP contribution in [0.1, 0.15) is 17.5 Å². The van der Waals surface area contributed by atoms with E-state index in [0.717, 1.165) is 33.8 Å². The third-order valence-electron chi connectivity index (χ3n) is 3.78. The van der Waals surface area contributed by atoms with Gasteiger partial charge in [0, 0.05) is 12.7 Å². The first-order chi connectivity index (χ1) is 10.8. The van der Waals surface area contributed by atoms with Crippen molar-refractivity contribution in [2.24, 2.45) is 4.99 Å². The van der Waals surface area contributed by atoms with Gasteiger partial charge in [-0.25, -0.2) is 23.2 Å². The Hall–Kier alpha value is -1.97. The summed E-state index contributed by atoms with van der Waals surface area (Å²) in [7, 11) is -3.16. The van der Waals surface area contributed by atoms with Crippen LogP contribution in [-0.4, -0.2) is 49.4 Å². The number of allylic oxidation sites excluding steroid dienone is 1. The van der Waals surface area contributed by atoms with Crippen LogP contribution in [0.4, 0.5) is 11.5 Å². The zero-order valence-electron chi connectivity index (χ0n) is 13.0. The largest absolute Gasteiger partial charge is 0.301 e. The monoisotopic (exact) mass is 337 g/mol. The molecule has 0 unspecified atom stereocenters. The van der Waals surface area contributed by atoms with Crippen molar-refractivity contribution < 1.29 is 13.6 Å². The Morgan fingerprint density at radius 3 is 2.96 bits per heavy atom. The van der Waals surface area contributed by atoms with E-state index in [2.05, 4.69) is 14.7 Å². The maximum Gasteiger partial charge on any atom is 0.208 e. The van der Waals surface area contributed by atoms with E-state index in [4.69, 9.17) is 0 Å². The minimum absolute atomic E-state index is 0.319. The lowest BCUT2D eigenvalue weighted by atomic mass is 10.0. The highest BCUT2D eigenvalue weighted by Gasteiger charge is 2.28. The lowest BCUT2D eigenvalue weighted by molar-refractivity contribution is -0.0304. The minimum Gasteiger partial charge on any atom is -0.301 e. The topological polar surface area (TPSA) is 98.1 Å². The van der Waals surface area contributed by atoms with Crippen molar-refractivity contribution in [3.63, 3.8) is 0 Å². The third kappa shape index (κ3) is 3.36. The van der Waals surface area contributed by atoms with Gasteiger partial charge in [-0.2, -0.15) is 0 Å². The highest BCUT2D eigenvalue weighted by atomic mass is 32.2. The Labute approximate surface area is 135 Å². The molecule has 0 aromatic carbocycles. The van der Waals surface area contributed by atoms with Gasteiger partial charge in [-0.15, -0.1) is 0 Å². The molecule has 1 aromatic heterocycles. The van der Waals surface area contributed by atoms with Gasteiger partial charge in [0.25, 0.3) is 0 Å². The second kappa shape index (κ2) is 5.91. The van der Waals surface area contributed by atoms with Crippen LogP contribution in [-0.2, 0) is 16.4 Å². The van der Waals surface area contributed by atoms with Gasteiger partial charge < -0.3 is 4.90 Å². The van der Waals surface area contributed by atoms with Crippen LogP contribution < -0.4 is 9.62 Å². The zero-order valence-corrected chi connectivity index (χ0v) is 13.8. The summed E-state index contributed by atoms with van der Waals surface area (Å²) in [5.74, 6) is 0.715. The van der Waals surface area contributed by atoms with Gasteiger partial charge in [0.05, 0.1) is 24.4 Å². The number of aromatic nitrogens is 1. The predicted octanol–water partition coefficient (Wildman–Crippen LogP) is 0.898. The minimum atomic E-state index is -3.16. The van der Waals surface area contributed by atoms with Crippen LogP contribution in [0.3, 0.4) is 0 Å². The second-order valence-corrected chi connectivity index (χ2v) is 7.52. The van der Waals surface area contributed by atoms with Crippen LogP contribution >= 0.6 is 0 Å². The molecular formula is C14H19N5O3S. The van der Waals surface area contributed by atoms with Crippen molar-refractivity contribution in [2.45, 2.75) is 19.8 Å². The summed E-state index contributed by atoms with van der Waals surface area (Å²) in [6.07, 6.45) is 7.62. The van der Waals surface area contributed by atoms with Crippen LogP contribution in [0, 0.1) is 6.92 Å². The highest BCUT2D eigenvalue weighted by Crippen LogP contribution is 2.38. The zero-order chi connectivity index (χ0) is 16.6. The molecule has 2 aliphatic rings. The maximum absolute atomic E-state index is 11.1. The van der Waals surface area contributed by atoms with E-state index in [-0.39, 0.29) is 0 Å². The lowest BCUT2D eigenvalue weighted by Gasteiger charge is -2.25. The first-order valence-corrected chi connectivity index (χ1v) is 9.16. The molecular weight excluding hydrogens is 318 g/mol. The van der Waals surface area contributed by atoms with Crippen molar-refractivity contribution >= 4 is 27.7 Å². The molecule has 8 nitrogen and oxygen atoms in total. The Morgan fingerprint density at radius 2 is 2.22 bits per heavy atom. The van der Waals surface area contributed by atoms with Gasteiger partial charge in [-0.05, 0) is 30.9 Å². The van der Waals surface area contributed by atoms with Gasteiger partial charge in [0.1, 0.15) is 12.4 Å². The summed E-state index contributed by atoms with van der Waals surface area (Å²) in [5, 5.41) is 10.7. The molecule has 0 spiro atoms. The molecule has 0 aliphatic carbocycles. The van der Waals surface area contributed by atoms with Crippen LogP contribution in [0.5, 0.6) is 0 Å². The Kier molecular flexibility index (Phi) is 4.09. The first kappa shape index (κ1) is 15.9. The van der Waals surface area contributed by atoms with E-state index in [1.54, 1.807) is 18.6 Å². The average molecular weight is 337 g/mol. The molecule has 3 rings (SSSR count). The number of rotatable bonds is 5. The summed E-state index contributed by atoms with van der Waals surface area (Å²) in [5.41, 5.74) is 3.66. The van der Waals surface area contributed by atoms with Crippen molar-refractivity contribution in [2.75, 3.05) is 24.4 Å². The summed E-state index contributed by atoms with van der Waals surface area (Å²) in [6.45, 7) is 2.67. The van der Waals surface area contributed by atoms with Crippen molar-refractivity contribution in [3.8, 4) is 0 Å². The van der Waals surface area contributed by atoms with Gasteiger partial charge in [0.15, 0.2) is 5.82 Å². The van der Waals surface area contributed by atoms with Gasteiger partial charge >= 0.3 is 0 Å². The quantitative estimate of drug-likeness (QED) is 0.775. The van der Waals surface area contributed by atoms with Crippen LogP contribution in [0.25, 0.3) is 0 Å². The van der Waals surface area contributed by atoms with E-state index in [1.807, 2.05) is 11.8 Å². The number of hydrogen-bond donors (Lipinski definition) is 2. The standard InChI is InChI=1S/C14H19N5O3S/c1-10-6-16-14-13(12(10)4-3-5-17-23(2,21)22)15-7-11-8-18(20)9-19(11)14/h6-8,17,20H,3-5,9H2,1-2H3. The number of nitrogens with one attached hydrogen (secondary N) is 1. The fraction of sp³-hybridized carbons (Fsp3) is 0.429. The van der Waals surface area contributed by atoms with Gasteiger partial charge in [-0.3, -0.25) is 10.2 Å². The number of aliphatic imine (C=N–C) groups is 1. The van der Waals surface area contributed by atoms with Gasteiger partial charge in [0.2, 0.25) is 10.0 Å². The number of nitrogens with zero attached hydrogens (tertiary/aromatic N) is 4. The van der Waals surface area contributed by atoms with E-state index < -0.39 is 10.0 Å². The van der Waals surface area contributed by atoms with Crippen molar-refractivity contribution in [3.05, 3.63) is 29.2 Å². The van der Waals surface area contributed by atoms with E-state index in [0.29, 0.717) is 31.9 Å². The molecule has 3 heterocycles. The van der Waals surface area contributed by atoms with Crippen molar-refractivity contribution in [1.82, 2.24) is 14.8 Å². The molecule has 0 bridgehead atoms. The molecule has 0 fully saturated rings. The molecule has 9 heteroatoms. The highest BCUT2D eigenvalue weighted by molar-refractivity contribution is 7.88. The predicted molar refractivity (Wildman–Crippen MR) is 87.3 cm³/mol. The SMILES string of the molecule is Cc1cnc2c(c1CCCNS(C)(=O)=O)N=CC1=CN(O)CN12. The maximum atomic E-state index is 11.1. The molecule has 2 N–H and O–H groups in total. The molecule has 0 radical (unpaired) electrons. The summed E-state index contributed by atoms with van der Waals surface area (Å²) in [6, 6.07) is 0. The molecule has 2 aliphatic heterocycles. The molecule has 23 heavy (non-hydrogen) atoms. The Bertz CT molecular complexity index is 788. The Balaban J connectivity index is 1.81. The number of sulfonamides is 1. The van der Waals surface area contributed by atoms with Gasteiger partial charge in [-0.1, -0.05) is 0 Å². The first-order valence-electron chi connectivity index (χ1n) is 7.27. The number of hydroxylamine groups is 2. The number of pyridine rings is 1. The smallest absolute Gasteiger partial charge is 0.208 e. The van der Waals surface area contributed by atoms with E-state index in [9.17, 15) is 13.6 Å². The Morgan fingerprint density at radius 1 is 1.43 bits per heavy atom. The second-order valence-electron chi connectivity index (χ2n) is 5.68. The molecule has 0 saturated heterocycles. The molecule has 0 saturated carbocycles. The normalized spacial score (nSPS) is 16.4. The fourth-order valence-corrected chi connectivity index (χ4v) is 3.22. The van der Waals surface area contributed by atoms with E-state index >= 15 is 0 Å². The van der Waals surface area contributed by atoms with Crippen LogP contribution in [0.15, 0.2) is 23.1 Å². The number of fused-ring (bicyclic) bond motifs is 3. The number of aryl methyl sites for hydroxylation is 1. The summed E-state index contributed by atoms with van der Waals surface area (Å²) in [4.78, 5) is 10.8. The lowest BCUT2D eigenvalue weighted by Crippen LogP contribution is -2.28. The molecule has 124 valence electrons. The molecule has 0 amide bonds. The van der Waals surface area contributed by atoms with Crippen LogP contribution in [0.2, 0.25) is 0 Å². The molecule has 1 aromatic rings. The van der Waals surface area contributed by atoms with Crippen molar-refractivity contribution in [1.29, 1.82) is 0 Å². The molecule has 0 atom stereocenters. The summed E-state index contributed by atoms with van der Waals surface area (Å²) >= 11 is 0. The third-order valence-corrected chi connectivity index (χ3v) is 4.51. The summed E-state index contributed by atoms with van der Waals surface area (Å²) < 4.78 is 24.7. The van der Waals surface area contributed by atoms with E-state index in [1.165, 1.54) is 0 Å². The number of hydrogen-bond acceptors (Lipinski definition) is 7. The average Bonchev–Trinajstić information content (AvgIpc) is 2.84.